The van der Waals surface area contributed by atoms with E-state index in [0.29, 0.717) is 11.5 Å². The van der Waals surface area contributed by atoms with Gasteiger partial charge >= 0.3 is 11.9 Å². The fourth-order valence-electron chi connectivity index (χ4n) is 0.908. The van der Waals surface area contributed by atoms with Crippen LogP contribution in [0, 0.1) is 0 Å². The summed E-state index contributed by atoms with van der Waals surface area (Å²) in [6.45, 7) is 2.64. The van der Waals surface area contributed by atoms with Gasteiger partial charge in [0.25, 0.3) is 0 Å². The molecule has 0 aliphatic heterocycles. The van der Waals surface area contributed by atoms with Crippen LogP contribution in [0.5, 0.6) is 11.5 Å². The fraction of sp³-hybridized carbons (Fsp3) is 0.200. The predicted molar refractivity (Wildman–Crippen MR) is 49.1 cm³/mol. The monoisotopic (exact) mass is 301 g/mol. The fourth-order valence-corrected chi connectivity index (χ4v) is 0.908. The molecule has 0 amide bonds. The molecule has 0 unspecified atom stereocenters. The molecule has 0 aliphatic rings. The molecular formula is C10H10AgO4. The molecule has 0 bridgehead atoms. The van der Waals surface area contributed by atoms with Crippen LogP contribution in [-0.4, -0.2) is 11.9 Å². The van der Waals surface area contributed by atoms with Crippen LogP contribution in [0.15, 0.2) is 24.3 Å². The van der Waals surface area contributed by atoms with Gasteiger partial charge in [0.15, 0.2) is 0 Å². The van der Waals surface area contributed by atoms with Gasteiger partial charge < -0.3 is 9.47 Å². The third-order valence-electron chi connectivity index (χ3n) is 1.35. The molecule has 0 fully saturated rings. The second kappa shape index (κ2) is 6.40. The number of carbonyl (C=O) groups is 2. The van der Waals surface area contributed by atoms with Crippen LogP contribution in [0.1, 0.15) is 13.8 Å². The van der Waals surface area contributed by atoms with Crippen LogP contribution in [0.3, 0.4) is 0 Å². The quantitative estimate of drug-likeness (QED) is 0.472. The van der Waals surface area contributed by atoms with Crippen LogP contribution in [0.4, 0.5) is 0 Å². The van der Waals surface area contributed by atoms with Crippen LogP contribution < -0.4 is 9.47 Å². The maximum absolute atomic E-state index is 10.6. The summed E-state index contributed by atoms with van der Waals surface area (Å²) in [6.07, 6.45) is 0. The number of rotatable bonds is 2. The van der Waals surface area contributed by atoms with Gasteiger partial charge in [-0.25, -0.2) is 0 Å². The molecule has 0 saturated carbocycles. The summed E-state index contributed by atoms with van der Waals surface area (Å²) in [7, 11) is 0. The van der Waals surface area contributed by atoms with Crippen molar-refractivity contribution < 1.29 is 41.4 Å². The Labute approximate surface area is 103 Å². The molecule has 1 aromatic rings. The van der Waals surface area contributed by atoms with E-state index in [1.165, 1.54) is 13.8 Å². The summed E-state index contributed by atoms with van der Waals surface area (Å²) in [5, 5.41) is 0. The van der Waals surface area contributed by atoms with Gasteiger partial charge in [0, 0.05) is 36.2 Å². The van der Waals surface area contributed by atoms with Gasteiger partial charge in [0.1, 0.15) is 11.5 Å². The number of hydrogen-bond acceptors (Lipinski definition) is 4. The van der Waals surface area contributed by atoms with Gasteiger partial charge in [-0.2, -0.15) is 0 Å². The summed E-state index contributed by atoms with van der Waals surface area (Å²) in [4.78, 5) is 21.1. The van der Waals surface area contributed by atoms with E-state index in [-0.39, 0.29) is 34.3 Å². The van der Waals surface area contributed by atoms with Crippen molar-refractivity contribution in [2.45, 2.75) is 13.8 Å². The van der Waals surface area contributed by atoms with Crippen LogP contribution >= 0.6 is 0 Å². The minimum atomic E-state index is -0.384. The second-order valence-corrected chi connectivity index (χ2v) is 2.66. The van der Waals surface area contributed by atoms with E-state index in [0.717, 1.165) is 0 Å². The predicted octanol–water partition coefficient (Wildman–Crippen LogP) is 1.53. The largest absolute Gasteiger partial charge is 0.427 e. The number of benzene rings is 1. The van der Waals surface area contributed by atoms with Crippen molar-refractivity contribution in [3.8, 4) is 11.5 Å². The maximum atomic E-state index is 10.6. The van der Waals surface area contributed by atoms with Gasteiger partial charge in [-0.1, -0.05) is 0 Å². The number of hydrogen-bond donors (Lipinski definition) is 0. The molecule has 0 heterocycles. The van der Waals surface area contributed by atoms with E-state index in [2.05, 4.69) is 0 Å². The van der Waals surface area contributed by atoms with E-state index in [4.69, 9.17) is 9.47 Å². The van der Waals surface area contributed by atoms with Crippen molar-refractivity contribution in [1.29, 1.82) is 0 Å². The average Bonchev–Trinajstić information content (AvgIpc) is 2.06. The molecule has 0 N–H and O–H groups in total. The third kappa shape index (κ3) is 5.37. The Kier molecular flexibility index (Phi) is 5.93. The Morgan fingerprint density at radius 1 is 0.867 bits per heavy atom. The molecule has 15 heavy (non-hydrogen) atoms. The Hall–Kier alpha value is -1.10. The van der Waals surface area contributed by atoms with E-state index in [1.54, 1.807) is 24.3 Å². The minimum absolute atomic E-state index is 0. The van der Waals surface area contributed by atoms with Crippen molar-refractivity contribution in [3.05, 3.63) is 24.3 Å². The molecule has 0 spiro atoms. The van der Waals surface area contributed by atoms with Crippen LogP contribution in [-0.2, 0) is 32.0 Å². The van der Waals surface area contributed by atoms with Crippen molar-refractivity contribution in [2.75, 3.05) is 0 Å². The first-order chi connectivity index (χ1) is 6.58. The first-order valence-electron chi connectivity index (χ1n) is 4.05. The molecule has 0 atom stereocenters. The average molecular weight is 302 g/mol. The summed E-state index contributed by atoms with van der Waals surface area (Å²) in [5.41, 5.74) is 0. The number of ether oxygens (including phenoxy) is 2. The van der Waals surface area contributed by atoms with Gasteiger partial charge in [-0.05, 0) is 24.3 Å². The second-order valence-electron chi connectivity index (χ2n) is 2.66. The van der Waals surface area contributed by atoms with E-state index in [9.17, 15) is 9.59 Å². The standard InChI is InChI=1S/C10H10O4.Ag/c1-7(11)13-9-3-5-10(6-4-9)14-8(2)12;/h3-6H,1-2H3;. The molecule has 0 saturated heterocycles. The van der Waals surface area contributed by atoms with E-state index < -0.39 is 0 Å². The molecule has 0 aliphatic carbocycles. The maximum Gasteiger partial charge on any atom is 0.308 e. The number of esters is 2. The molecule has 5 heteroatoms. The molecule has 1 aromatic carbocycles. The van der Waals surface area contributed by atoms with Gasteiger partial charge in [-0.3, -0.25) is 9.59 Å². The zero-order valence-electron chi connectivity index (χ0n) is 8.24. The zero-order chi connectivity index (χ0) is 10.6. The van der Waals surface area contributed by atoms with Crippen LogP contribution in [0.25, 0.3) is 0 Å². The van der Waals surface area contributed by atoms with Crippen molar-refractivity contribution in [2.24, 2.45) is 0 Å². The third-order valence-corrected chi connectivity index (χ3v) is 1.35. The molecule has 85 valence electrons. The smallest absolute Gasteiger partial charge is 0.308 e. The number of carbonyl (C=O) groups excluding carboxylic acids is 2. The molecular weight excluding hydrogens is 292 g/mol. The Morgan fingerprint density at radius 2 is 1.13 bits per heavy atom. The van der Waals surface area contributed by atoms with Crippen LogP contribution in [0.2, 0.25) is 0 Å². The van der Waals surface area contributed by atoms with Gasteiger partial charge in [-0.15, -0.1) is 0 Å². The summed E-state index contributed by atoms with van der Waals surface area (Å²) < 4.78 is 9.59. The van der Waals surface area contributed by atoms with E-state index >= 15 is 0 Å². The molecule has 0 aromatic heterocycles. The summed E-state index contributed by atoms with van der Waals surface area (Å²) >= 11 is 0. The van der Waals surface area contributed by atoms with Crippen molar-refractivity contribution in [3.63, 3.8) is 0 Å². The first kappa shape index (κ1) is 13.9. The minimum Gasteiger partial charge on any atom is -0.427 e. The normalized spacial score (nSPS) is 8.67. The van der Waals surface area contributed by atoms with Crippen molar-refractivity contribution in [1.82, 2.24) is 0 Å². The molecule has 1 radical (unpaired) electrons. The topological polar surface area (TPSA) is 52.6 Å². The Morgan fingerprint density at radius 3 is 1.33 bits per heavy atom. The first-order valence-corrected chi connectivity index (χ1v) is 4.05. The Bertz CT molecular complexity index is 310. The summed E-state index contributed by atoms with van der Waals surface area (Å²) in [6, 6.07) is 6.22. The SMILES string of the molecule is CC(=O)Oc1ccc(OC(C)=O)cc1.[Ag]. The molecule has 4 nitrogen and oxygen atoms in total. The van der Waals surface area contributed by atoms with Crippen molar-refractivity contribution >= 4 is 11.9 Å². The van der Waals surface area contributed by atoms with Gasteiger partial charge in [0.2, 0.25) is 0 Å². The molecule has 1 rings (SSSR count). The zero-order valence-corrected chi connectivity index (χ0v) is 9.73. The Balaban J connectivity index is 0.00000196. The van der Waals surface area contributed by atoms with E-state index in [1.807, 2.05) is 0 Å². The van der Waals surface area contributed by atoms with Gasteiger partial charge in [0.05, 0.1) is 0 Å². The summed E-state index contributed by atoms with van der Waals surface area (Å²) in [5.74, 6) is 0.0808.